The van der Waals surface area contributed by atoms with Crippen LogP contribution in [0.2, 0.25) is 0 Å². The molecule has 4 rings (SSSR count). The Morgan fingerprint density at radius 3 is 2.55 bits per heavy atom. The maximum Gasteiger partial charge on any atom is 0.142 e. The van der Waals surface area contributed by atoms with E-state index in [2.05, 4.69) is 52.6 Å². The molecular formula is C24H28N4O. The fourth-order valence-electron chi connectivity index (χ4n) is 4.00. The molecule has 5 nitrogen and oxygen atoms in total. The second kappa shape index (κ2) is 8.21. The standard InChI is InChI=1S/C24H28N4O/c1-5-18-7-9-21-20(15-18)24(26-17(3)25-21)19-8-10-22(23(16-19)29-4)28-13-11-27(6-2)12-14-28/h5,7-10,15-16H,1,6,11-14H2,2-4H3. The van der Waals surface area contributed by atoms with E-state index in [0.29, 0.717) is 0 Å². The molecule has 5 heteroatoms. The molecule has 0 aliphatic carbocycles. The van der Waals surface area contributed by atoms with Crippen LogP contribution in [0.3, 0.4) is 0 Å². The summed E-state index contributed by atoms with van der Waals surface area (Å²) in [5.74, 6) is 1.65. The molecule has 0 atom stereocenters. The van der Waals surface area contributed by atoms with E-state index >= 15 is 0 Å². The zero-order chi connectivity index (χ0) is 20.4. The van der Waals surface area contributed by atoms with E-state index in [4.69, 9.17) is 9.72 Å². The molecule has 0 saturated carbocycles. The minimum absolute atomic E-state index is 0.762. The van der Waals surface area contributed by atoms with Gasteiger partial charge in [0, 0.05) is 37.1 Å². The van der Waals surface area contributed by atoms with Crippen molar-refractivity contribution in [2.45, 2.75) is 13.8 Å². The van der Waals surface area contributed by atoms with Gasteiger partial charge < -0.3 is 14.5 Å². The van der Waals surface area contributed by atoms with Crippen LogP contribution in [0.1, 0.15) is 18.3 Å². The van der Waals surface area contributed by atoms with Gasteiger partial charge in [0.2, 0.25) is 0 Å². The van der Waals surface area contributed by atoms with Crippen molar-refractivity contribution in [3.8, 4) is 17.0 Å². The number of nitrogens with zero attached hydrogens (tertiary/aromatic N) is 4. The van der Waals surface area contributed by atoms with E-state index in [9.17, 15) is 0 Å². The lowest BCUT2D eigenvalue weighted by molar-refractivity contribution is 0.270. The highest BCUT2D eigenvalue weighted by Gasteiger charge is 2.20. The molecule has 0 unspecified atom stereocenters. The molecule has 1 aromatic heterocycles. The zero-order valence-electron chi connectivity index (χ0n) is 17.5. The normalized spacial score (nSPS) is 14.9. The van der Waals surface area contributed by atoms with Crippen molar-refractivity contribution in [2.75, 3.05) is 44.7 Å². The molecule has 150 valence electrons. The number of rotatable bonds is 5. The molecule has 0 N–H and O–H groups in total. The highest BCUT2D eigenvalue weighted by atomic mass is 16.5. The van der Waals surface area contributed by atoms with Crippen LogP contribution in [0.25, 0.3) is 28.2 Å². The van der Waals surface area contributed by atoms with Gasteiger partial charge in [-0.05, 0) is 43.3 Å². The van der Waals surface area contributed by atoms with E-state index in [1.807, 2.05) is 25.1 Å². The number of aromatic nitrogens is 2. The summed E-state index contributed by atoms with van der Waals surface area (Å²) in [6.07, 6.45) is 1.85. The Morgan fingerprint density at radius 2 is 1.86 bits per heavy atom. The van der Waals surface area contributed by atoms with Crippen LogP contribution in [0.5, 0.6) is 5.75 Å². The van der Waals surface area contributed by atoms with Gasteiger partial charge in [0.05, 0.1) is 24.0 Å². The van der Waals surface area contributed by atoms with Crippen molar-refractivity contribution in [2.24, 2.45) is 0 Å². The summed E-state index contributed by atoms with van der Waals surface area (Å²) < 4.78 is 5.79. The van der Waals surface area contributed by atoms with Crippen molar-refractivity contribution in [1.82, 2.24) is 14.9 Å². The lowest BCUT2D eigenvalue weighted by atomic mass is 10.0. The minimum Gasteiger partial charge on any atom is -0.495 e. The lowest BCUT2D eigenvalue weighted by Gasteiger charge is -2.36. The van der Waals surface area contributed by atoms with Crippen LogP contribution in [0.4, 0.5) is 5.69 Å². The fourth-order valence-corrected chi connectivity index (χ4v) is 4.00. The highest BCUT2D eigenvalue weighted by Crippen LogP contribution is 2.35. The van der Waals surface area contributed by atoms with Crippen LogP contribution in [0.15, 0.2) is 43.0 Å². The Morgan fingerprint density at radius 1 is 1.07 bits per heavy atom. The summed E-state index contributed by atoms with van der Waals surface area (Å²) in [6.45, 7) is 13.4. The van der Waals surface area contributed by atoms with E-state index in [0.717, 1.165) is 77.7 Å². The zero-order valence-corrected chi connectivity index (χ0v) is 17.5. The molecule has 1 aliphatic rings. The van der Waals surface area contributed by atoms with Gasteiger partial charge in [-0.2, -0.15) is 0 Å². The summed E-state index contributed by atoms with van der Waals surface area (Å²) >= 11 is 0. The molecular weight excluding hydrogens is 360 g/mol. The highest BCUT2D eigenvalue weighted by molar-refractivity contribution is 5.94. The molecule has 0 spiro atoms. The summed E-state index contributed by atoms with van der Waals surface area (Å²) in [5.41, 5.74) is 5.11. The minimum atomic E-state index is 0.762. The first-order valence-electron chi connectivity index (χ1n) is 10.2. The maximum atomic E-state index is 5.79. The van der Waals surface area contributed by atoms with Crippen LogP contribution in [-0.2, 0) is 0 Å². The van der Waals surface area contributed by atoms with Gasteiger partial charge in [-0.1, -0.05) is 31.7 Å². The monoisotopic (exact) mass is 388 g/mol. The van der Waals surface area contributed by atoms with Gasteiger partial charge in [0.1, 0.15) is 11.6 Å². The maximum absolute atomic E-state index is 5.79. The van der Waals surface area contributed by atoms with Crippen molar-refractivity contribution in [3.05, 3.63) is 54.4 Å². The molecule has 1 aliphatic heterocycles. The average Bonchev–Trinajstić information content (AvgIpc) is 2.77. The third-order valence-electron chi connectivity index (χ3n) is 5.68. The van der Waals surface area contributed by atoms with Crippen LogP contribution in [-0.4, -0.2) is 54.7 Å². The smallest absolute Gasteiger partial charge is 0.142 e. The number of anilines is 1. The Labute approximate surface area is 172 Å². The molecule has 2 aromatic carbocycles. The molecule has 29 heavy (non-hydrogen) atoms. The Hall–Kier alpha value is -2.92. The van der Waals surface area contributed by atoms with Gasteiger partial charge in [-0.15, -0.1) is 0 Å². The van der Waals surface area contributed by atoms with Crippen molar-refractivity contribution in [1.29, 1.82) is 0 Å². The van der Waals surface area contributed by atoms with E-state index in [1.54, 1.807) is 7.11 Å². The van der Waals surface area contributed by atoms with Gasteiger partial charge in [-0.3, -0.25) is 0 Å². The second-order valence-corrected chi connectivity index (χ2v) is 7.41. The molecule has 1 saturated heterocycles. The van der Waals surface area contributed by atoms with Crippen LogP contribution >= 0.6 is 0 Å². The molecule has 0 amide bonds. The average molecular weight is 389 g/mol. The van der Waals surface area contributed by atoms with Gasteiger partial charge in [0.25, 0.3) is 0 Å². The number of methoxy groups -OCH3 is 1. The lowest BCUT2D eigenvalue weighted by Crippen LogP contribution is -2.46. The molecule has 0 radical (unpaired) electrons. The largest absolute Gasteiger partial charge is 0.495 e. The Bertz CT molecular complexity index is 1040. The fraction of sp³-hybridized carbons (Fsp3) is 0.333. The molecule has 1 fully saturated rings. The van der Waals surface area contributed by atoms with E-state index in [-0.39, 0.29) is 0 Å². The Kier molecular flexibility index (Phi) is 5.49. The Balaban J connectivity index is 1.76. The first-order valence-corrected chi connectivity index (χ1v) is 10.2. The number of hydrogen-bond donors (Lipinski definition) is 0. The van der Waals surface area contributed by atoms with Crippen molar-refractivity contribution in [3.63, 3.8) is 0 Å². The van der Waals surface area contributed by atoms with Gasteiger partial charge in [0.15, 0.2) is 0 Å². The van der Waals surface area contributed by atoms with Crippen LogP contribution in [0, 0.1) is 6.92 Å². The van der Waals surface area contributed by atoms with Crippen molar-refractivity contribution >= 4 is 22.7 Å². The van der Waals surface area contributed by atoms with Gasteiger partial charge >= 0.3 is 0 Å². The number of likely N-dealkylation sites (N-methyl/N-ethyl adjacent to an activating group) is 1. The first kappa shape index (κ1) is 19.4. The second-order valence-electron chi connectivity index (χ2n) is 7.41. The van der Waals surface area contributed by atoms with Gasteiger partial charge in [-0.25, -0.2) is 9.97 Å². The SMILES string of the molecule is C=Cc1ccc2nc(C)nc(-c3ccc(N4CCN(CC)CC4)c(OC)c3)c2c1. The predicted molar refractivity (Wildman–Crippen MR) is 121 cm³/mol. The number of fused-ring (bicyclic) bond motifs is 1. The number of hydrogen-bond acceptors (Lipinski definition) is 5. The third kappa shape index (κ3) is 3.83. The van der Waals surface area contributed by atoms with E-state index < -0.39 is 0 Å². The summed E-state index contributed by atoms with van der Waals surface area (Å²) in [6, 6.07) is 12.6. The topological polar surface area (TPSA) is 41.5 Å². The van der Waals surface area contributed by atoms with Crippen molar-refractivity contribution < 1.29 is 4.74 Å². The number of piperazine rings is 1. The number of benzene rings is 2. The third-order valence-corrected chi connectivity index (χ3v) is 5.68. The summed E-state index contributed by atoms with van der Waals surface area (Å²) in [7, 11) is 1.74. The number of aryl methyl sites for hydroxylation is 1. The number of ether oxygens (including phenoxy) is 1. The molecule has 3 aromatic rings. The summed E-state index contributed by atoms with van der Waals surface area (Å²) in [4.78, 5) is 14.2. The first-order chi connectivity index (χ1) is 14.1. The van der Waals surface area contributed by atoms with E-state index in [1.165, 1.54) is 0 Å². The molecule has 0 bridgehead atoms. The van der Waals surface area contributed by atoms with Crippen LogP contribution < -0.4 is 9.64 Å². The quantitative estimate of drug-likeness (QED) is 0.648. The predicted octanol–water partition coefficient (Wildman–Crippen LogP) is 4.40. The summed E-state index contributed by atoms with van der Waals surface area (Å²) in [5, 5.41) is 1.03. The molecule has 2 heterocycles.